The van der Waals surface area contributed by atoms with Crippen LogP contribution in [0.25, 0.3) is 0 Å². The maximum Gasteiger partial charge on any atom is 0.145 e. The fraction of sp³-hybridized carbons (Fsp3) is 1.00. The van der Waals surface area contributed by atoms with E-state index in [2.05, 4.69) is 0 Å². The van der Waals surface area contributed by atoms with Crippen molar-refractivity contribution in [3.05, 3.63) is 0 Å². The molecule has 0 amide bonds. The van der Waals surface area contributed by atoms with Gasteiger partial charge >= 0.3 is 0 Å². The van der Waals surface area contributed by atoms with Gasteiger partial charge in [0.15, 0.2) is 0 Å². The van der Waals surface area contributed by atoms with Gasteiger partial charge in [0, 0.05) is 11.9 Å². The lowest BCUT2D eigenvalue weighted by Gasteiger charge is -2.15. The van der Waals surface area contributed by atoms with Crippen molar-refractivity contribution < 1.29 is 5.11 Å². The Morgan fingerprint density at radius 2 is 1.89 bits per heavy atom. The number of nitrogens with two attached hydrogens (primary N) is 1. The first-order valence-corrected chi connectivity index (χ1v) is 3.78. The highest BCUT2D eigenvalue weighted by Crippen LogP contribution is 2.10. The molecule has 0 aliphatic rings. The van der Waals surface area contributed by atoms with Crippen LogP contribution in [0.4, 0.5) is 0 Å². The second-order valence-corrected chi connectivity index (χ2v) is 2.89. The molecule has 0 rings (SSSR count). The molecular formula is C4H8Cl3NO. The summed E-state index contributed by atoms with van der Waals surface area (Å²) in [6.45, 7) is 0. The Morgan fingerprint density at radius 3 is 2.00 bits per heavy atom. The van der Waals surface area contributed by atoms with E-state index in [4.69, 9.17) is 45.6 Å². The van der Waals surface area contributed by atoms with Crippen LogP contribution in [-0.2, 0) is 0 Å². The van der Waals surface area contributed by atoms with Crippen molar-refractivity contribution in [3.8, 4) is 0 Å². The molecule has 0 heterocycles. The van der Waals surface area contributed by atoms with Crippen LogP contribution in [0.1, 0.15) is 0 Å². The van der Waals surface area contributed by atoms with Crippen LogP contribution < -0.4 is 5.73 Å². The molecule has 3 unspecified atom stereocenters. The molecule has 0 spiro atoms. The summed E-state index contributed by atoms with van der Waals surface area (Å²) in [6, 6.07) is -0.458. The topological polar surface area (TPSA) is 46.2 Å². The lowest BCUT2D eigenvalue weighted by Crippen LogP contribution is -2.38. The fourth-order valence-electron chi connectivity index (χ4n) is 0.289. The highest BCUT2D eigenvalue weighted by Gasteiger charge is 2.20. The molecule has 0 saturated carbocycles. The van der Waals surface area contributed by atoms with Crippen molar-refractivity contribution in [1.29, 1.82) is 0 Å². The molecule has 0 fully saturated rings. The van der Waals surface area contributed by atoms with E-state index in [1.54, 1.807) is 0 Å². The molecule has 0 saturated heterocycles. The molecule has 0 radical (unpaired) electrons. The van der Waals surface area contributed by atoms with Crippen LogP contribution >= 0.6 is 34.8 Å². The summed E-state index contributed by atoms with van der Waals surface area (Å²) in [5, 5.41) is 7.94. The Labute approximate surface area is 68.9 Å². The quantitative estimate of drug-likeness (QED) is 0.647. The third kappa shape index (κ3) is 3.48. The average Bonchev–Trinajstić information content (AvgIpc) is 1.84. The molecule has 2 nitrogen and oxygen atoms in total. The second kappa shape index (κ2) is 4.58. The highest BCUT2D eigenvalue weighted by molar-refractivity contribution is 6.30. The summed E-state index contributed by atoms with van der Waals surface area (Å²) >= 11 is 16.0. The van der Waals surface area contributed by atoms with Crippen LogP contribution in [0.2, 0.25) is 0 Å². The summed E-state index contributed by atoms with van der Waals surface area (Å²) < 4.78 is 0. The van der Waals surface area contributed by atoms with E-state index < -0.39 is 17.0 Å². The van der Waals surface area contributed by atoms with Crippen molar-refractivity contribution in [2.24, 2.45) is 5.73 Å². The first-order valence-electron chi connectivity index (χ1n) is 2.37. The van der Waals surface area contributed by atoms with Gasteiger partial charge in [-0.2, -0.15) is 0 Å². The molecule has 56 valence electrons. The Hall–Kier alpha value is 0.790. The Bertz CT molecular complexity index is 80.2. The number of rotatable bonds is 3. The van der Waals surface area contributed by atoms with Crippen LogP contribution in [0.15, 0.2) is 0 Å². The van der Waals surface area contributed by atoms with Crippen molar-refractivity contribution in [2.75, 3.05) is 5.88 Å². The van der Waals surface area contributed by atoms with Gasteiger partial charge in [-0.25, -0.2) is 0 Å². The minimum atomic E-state index is -1.12. The maximum absolute atomic E-state index is 8.62. The number of aliphatic hydroxyl groups excluding tert-OH is 1. The maximum atomic E-state index is 8.62. The van der Waals surface area contributed by atoms with Gasteiger partial charge in [0.05, 0.1) is 5.38 Å². The first kappa shape index (κ1) is 9.79. The van der Waals surface area contributed by atoms with E-state index in [1.807, 2.05) is 0 Å². The molecule has 0 aromatic rings. The average molecular weight is 192 g/mol. The molecule has 0 bridgehead atoms. The van der Waals surface area contributed by atoms with Crippen molar-refractivity contribution >= 4 is 34.8 Å². The van der Waals surface area contributed by atoms with Crippen molar-refractivity contribution in [1.82, 2.24) is 0 Å². The largest absolute Gasteiger partial charge is 0.376 e. The van der Waals surface area contributed by atoms with Gasteiger partial charge in [-0.1, -0.05) is 11.6 Å². The molecule has 0 aromatic carbocycles. The van der Waals surface area contributed by atoms with E-state index in [1.165, 1.54) is 0 Å². The summed E-state index contributed by atoms with van der Waals surface area (Å²) in [5.41, 5.74) is 4.18. The molecule has 0 aliphatic heterocycles. The molecule has 9 heavy (non-hydrogen) atoms. The predicted octanol–water partition coefficient (Wildman–Crippen LogP) is 0.717. The van der Waals surface area contributed by atoms with Gasteiger partial charge in [-0.15, -0.1) is 23.2 Å². The zero-order valence-corrected chi connectivity index (χ0v) is 6.87. The standard InChI is InChI=1S/C4H8Cl3NO/c5-1-2(8)3(6)4(7)9/h2-4,9H,1,8H2. The normalized spacial score (nSPS) is 21.0. The highest BCUT2D eigenvalue weighted by atomic mass is 35.5. The first-order chi connectivity index (χ1) is 4.09. The summed E-state index contributed by atoms with van der Waals surface area (Å²) in [4.78, 5) is 0. The SMILES string of the molecule is NC(CCl)C(Cl)C(O)Cl. The van der Waals surface area contributed by atoms with Crippen LogP contribution in [0.5, 0.6) is 0 Å². The lowest BCUT2D eigenvalue weighted by molar-refractivity contribution is 0.241. The van der Waals surface area contributed by atoms with Crippen LogP contribution in [0.3, 0.4) is 0 Å². The fourth-order valence-corrected chi connectivity index (χ4v) is 0.848. The van der Waals surface area contributed by atoms with Crippen LogP contribution in [-0.4, -0.2) is 28.0 Å². The van der Waals surface area contributed by atoms with Gasteiger partial charge < -0.3 is 10.8 Å². The number of alkyl halides is 3. The smallest absolute Gasteiger partial charge is 0.145 e. The second-order valence-electron chi connectivity index (χ2n) is 1.64. The third-order valence-electron chi connectivity index (χ3n) is 0.850. The van der Waals surface area contributed by atoms with E-state index in [-0.39, 0.29) is 5.88 Å². The zero-order valence-electron chi connectivity index (χ0n) is 4.60. The molecule has 5 heteroatoms. The van der Waals surface area contributed by atoms with Crippen molar-refractivity contribution in [3.63, 3.8) is 0 Å². The summed E-state index contributed by atoms with van der Waals surface area (Å²) in [7, 11) is 0. The van der Waals surface area contributed by atoms with Gasteiger partial charge in [-0.05, 0) is 0 Å². The molecular weight excluding hydrogens is 184 g/mol. The molecule has 3 N–H and O–H groups in total. The number of hydrogen-bond acceptors (Lipinski definition) is 2. The predicted molar refractivity (Wildman–Crippen MR) is 40.2 cm³/mol. The monoisotopic (exact) mass is 191 g/mol. The molecule has 3 atom stereocenters. The van der Waals surface area contributed by atoms with E-state index >= 15 is 0 Å². The Morgan fingerprint density at radius 1 is 1.44 bits per heavy atom. The van der Waals surface area contributed by atoms with Gasteiger partial charge in [0.2, 0.25) is 0 Å². The number of aliphatic hydroxyl groups is 1. The molecule has 0 aliphatic carbocycles. The molecule has 0 aromatic heterocycles. The number of halogens is 3. The Kier molecular flexibility index (Phi) is 4.98. The van der Waals surface area contributed by atoms with E-state index in [0.717, 1.165) is 0 Å². The van der Waals surface area contributed by atoms with E-state index in [0.29, 0.717) is 0 Å². The Balaban J connectivity index is 3.58. The minimum absolute atomic E-state index is 0.192. The van der Waals surface area contributed by atoms with Crippen LogP contribution in [0, 0.1) is 0 Å². The zero-order chi connectivity index (χ0) is 7.44. The van der Waals surface area contributed by atoms with E-state index in [9.17, 15) is 0 Å². The van der Waals surface area contributed by atoms with Crippen molar-refractivity contribution in [2.45, 2.75) is 17.0 Å². The lowest BCUT2D eigenvalue weighted by atomic mass is 10.2. The van der Waals surface area contributed by atoms with Gasteiger partial charge in [0.1, 0.15) is 5.56 Å². The third-order valence-corrected chi connectivity index (χ3v) is 2.17. The summed E-state index contributed by atoms with van der Waals surface area (Å²) in [5.74, 6) is 0.192. The summed E-state index contributed by atoms with van der Waals surface area (Å²) in [6.07, 6.45) is 0. The number of hydrogen-bond donors (Lipinski definition) is 2. The van der Waals surface area contributed by atoms with Gasteiger partial charge in [0.25, 0.3) is 0 Å². The minimum Gasteiger partial charge on any atom is -0.376 e. The van der Waals surface area contributed by atoms with Gasteiger partial charge in [-0.3, -0.25) is 0 Å².